The van der Waals surface area contributed by atoms with Gasteiger partial charge in [0.05, 0.1) is 0 Å². The Hall–Kier alpha value is -7.31. The summed E-state index contributed by atoms with van der Waals surface area (Å²) in [6, 6.07) is 64.2. The van der Waals surface area contributed by atoms with Gasteiger partial charge in [-0.2, -0.15) is 0 Å². The van der Waals surface area contributed by atoms with Crippen molar-refractivity contribution in [3.63, 3.8) is 0 Å². The summed E-state index contributed by atoms with van der Waals surface area (Å²) >= 11 is 0. The van der Waals surface area contributed by atoms with E-state index >= 15 is 0 Å². The summed E-state index contributed by atoms with van der Waals surface area (Å²) in [5.41, 5.74) is 11.4. The first kappa shape index (κ1) is 33.5. The normalized spacial score (nSPS) is 13.7. The van der Waals surface area contributed by atoms with Crippen LogP contribution in [0.5, 0.6) is 0 Å². The third-order valence-electron chi connectivity index (χ3n) is 9.73. The molecule has 6 heteroatoms. The molecular weight excluding hydrogens is 673 g/mol. The first-order valence-electron chi connectivity index (χ1n) is 18.4. The van der Waals surface area contributed by atoms with Crippen molar-refractivity contribution in [3.8, 4) is 56.4 Å². The van der Waals surface area contributed by atoms with E-state index in [1.165, 1.54) is 5.56 Å². The minimum absolute atomic E-state index is 0.261. The van der Waals surface area contributed by atoms with Gasteiger partial charge in [0, 0.05) is 27.8 Å². The van der Waals surface area contributed by atoms with Gasteiger partial charge in [0.25, 0.3) is 0 Å². The predicted octanol–water partition coefficient (Wildman–Crippen LogP) is 11.0. The molecule has 0 spiro atoms. The molecule has 1 atom stereocenters. The average molecular weight is 709 g/mol. The maximum absolute atomic E-state index is 5.10. The van der Waals surface area contributed by atoms with Crippen LogP contribution in [0.2, 0.25) is 0 Å². The predicted molar refractivity (Wildman–Crippen MR) is 224 cm³/mol. The van der Waals surface area contributed by atoms with Crippen LogP contribution < -0.4 is 5.32 Å². The third-order valence-corrected chi connectivity index (χ3v) is 9.73. The Kier molecular flexibility index (Phi) is 9.12. The molecule has 0 fully saturated rings. The van der Waals surface area contributed by atoms with Crippen LogP contribution in [0.3, 0.4) is 0 Å². The molecular formula is C49H36N6. The molecule has 2 heterocycles. The second-order valence-electron chi connectivity index (χ2n) is 13.5. The molecule has 55 heavy (non-hydrogen) atoms. The summed E-state index contributed by atoms with van der Waals surface area (Å²) in [5.74, 6) is 3.40. The molecule has 0 aliphatic carbocycles. The number of hydrogen-bond acceptors (Lipinski definition) is 6. The topological polar surface area (TPSA) is 75.4 Å². The summed E-state index contributed by atoms with van der Waals surface area (Å²) in [6.07, 6.45) is -0.261. The van der Waals surface area contributed by atoms with E-state index in [0.717, 1.165) is 61.5 Å². The van der Waals surface area contributed by atoms with Gasteiger partial charge in [-0.25, -0.2) is 24.9 Å². The van der Waals surface area contributed by atoms with E-state index in [2.05, 4.69) is 103 Å². The Bertz CT molecular complexity index is 2620. The lowest BCUT2D eigenvalue weighted by molar-refractivity contribution is 0.674. The molecule has 1 aliphatic rings. The van der Waals surface area contributed by atoms with Gasteiger partial charge in [-0.05, 0) is 58.5 Å². The lowest BCUT2D eigenvalue weighted by Gasteiger charge is -2.23. The van der Waals surface area contributed by atoms with Gasteiger partial charge in [0.1, 0.15) is 12.0 Å². The fraction of sp³-hybridized carbons (Fsp3) is 0.0408. The maximum atomic E-state index is 5.10. The standard InChI is InChI=1S/C49H36N6/c1-33-28-29-39(38-24-14-26-41(30-38)48-52-44(34-16-6-2-7-17-34)50-45(53-48)35-18-8-3-9-19-35)32-43(33)40-25-15-27-42(31-40)49-54-46(36-20-10-4-11-21-36)51-47(55-49)37-22-12-5-13-23-37/h2-32,44H,1H3,(H,50,52,53). The number of nitrogens with one attached hydrogen (secondary N) is 1. The zero-order valence-corrected chi connectivity index (χ0v) is 30.2. The number of benzene rings is 7. The summed E-state index contributed by atoms with van der Waals surface area (Å²) in [7, 11) is 0. The fourth-order valence-electron chi connectivity index (χ4n) is 6.84. The summed E-state index contributed by atoms with van der Waals surface area (Å²) < 4.78 is 0. The number of rotatable bonds is 8. The Balaban J connectivity index is 1.08. The Labute approximate surface area is 320 Å². The molecule has 9 rings (SSSR count). The summed E-state index contributed by atoms with van der Waals surface area (Å²) in [5, 5.41) is 3.55. The monoisotopic (exact) mass is 708 g/mol. The minimum Gasteiger partial charge on any atom is -0.344 e. The van der Waals surface area contributed by atoms with E-state index in [4.69, 9.17) is 24.9 Å². The summed E-state index contributed by atoms with van der Waals surface area (Å²) in [6.45, 7) is 2.15. The highest BCUT2D eigenvalue weighted by Crippen LogP contribution is 2.33. The molecule has 1 N–H and O–H groups in total. The Morgan fingerprint density at radius 1 is 0.400 bits per heavy atom. The van der Waals surface area contributed by atoms with Crippen LogP contribution in [0.1, 0.15) is 28.4 Å². The molecule has 1 aliphatic heterocycles. The fourth-order valence-corrected chi connectivity index (χ4v) is 6.84. The van der Waals surface area contributed by atoms with Gasteiger partial charge in [0.2, 0.25) is 0 Å². The van der Waals surface area contributed by atoms with Gasteiger partial charge >= 0.3 is 0 Å². The molecule has 262 valence electrons. The largest absolute Gasteiger partial charge is 0.344 e. The van der Waals surface area contributed by atoms with Gasteiger partial charge < -0.3 is 5.32 Å². The van der Waals surface area contributed by atoms with Gasteiger partial charge in [-0.1, -0.05) is 170 Å². The number of aryl methyl sites for hydroxylation is 1. The lowest BCUT2D eigenvalue weighted by atomic mass is 9.93. The van der Waals surface area contributed by atoms with Crippen LogP contribution >= 0.6 is 0 Å². The third kappa shape index (κ3) is 7.21. The zero-order valence-electron chi connectivity index (χ0n) is 30.2. The van der Waals surface area contributed by atoms with Crippen LogP contribution in [-0.2, 0) is 0 Å². The van der Waals surface area contributed by atoms with E-state index in [1.807, 2.05) is 97.1 Å². The van der Waals surface area contributed by atoms with Gasteiger partial charge in [-0.3, -0.25) is 0 Å². The van der Waals surface area contributed by atoms with Crippen molar-refractivity contribution in [1.29, 1.82) is 0 Å². The van der Waals surface area contributed by atoms with Crippen molar-refractivity contribution in [1.82, 2.24) is 20.3 Å². The molecule has 6 nitrogen and oxygen atoms in total. The molecule has 1 unspecified atom stereocenters. The highest BCUT2D eigenvalue weighted by atomic mass is 15.2. The average Bonchev–Trinajstić information content (AvgIpc) is 3.27. The molecule has 0 saturated heterocycles. The van der Waals surface area contributed by atoms with Crippen molar-refractivity contribution in [2.45, 2.75) is 13.1 Å². The van der Waals surface area contributed by atoms with Crippen LogP contribution in [0.4, 0.5) is 0 Å². The molecule has 1 aromatic heterocycles. The van der Waals surface area contributed by atoms with Crippen LogP contribution in [0.15, 0.2) is 198 Å². The molecule has 8 aromatic rings. The molecule has 0 saturated carbocycles. The number of aliphatic imine (C=N–C) groups is 2. The van der Waals surface area contributed by atoms with Gasteiger partial charge in [0.15, 0.2) is 23.3 Å². The van der Waals surface area contributed by atoms with Crippen LogP contribution in [0.25, 0.3) is 56.4 Å². The van der Waals surface area contributed by atoms with Crippen molar-refractivity contribution in [2.75, 3.05) is 0 Å². The zero-order chi connectivity index (χ0) is 37.0. The Morgan fingerprint density at radius 3 is 1.51 bits per heavy atom. The van der Waals surface area contributed by atoms with Crippen molar-refractivity contribution >= 4 is 11.7 Å². The van der Waals surface area contributed by atoms with E-state index < -0.39 is 0 Å². The second kappa shape index (κ2) is 15.0. The van der Waals surface area contributed by atoms with Crippen LogP contribution in [-0.4, -0.2) is 26.6 Å². The molecule has 0 bridgehead atoms. The second-order valence-corrected chi connectivity index (χ2v) is 13.5. The number of nitrogens with zero attached hydrogens (tertiary/aromatic N) is 5. The van der Waals surface area contributed by atoms with Crippen LogP contribution in [0, 0.1) is 6.92 Å². The summed E-state index contributed by atoms with van der Waals surface area (Å²) in [4.78, 5) is 25.0. The highest BCUT2D eigenvalue weighted by molar-refractivity contribution is 6.13. The van der Waals surface area contributed by atoms with Crippen molar-refractivity contribution in [2.24, 2.45) is 9.98 Å². The smallest absolute Gasteiger partial charge is 0.164 e. The minimum atomic E-state index is -0.261. The van der Waals surface area contributed by atoms with E-state index in [1.54, 1.807) is 0 Å². The van der Waals surface area contributed by atoms with E-state index in [0.29, 0.717) is 23.3 Å². The molecule has 0 amide bonds. The van der Waals surface area contributed by atoms with E-state index in [-0.39, 0.29) is 6.17 Å². The SMILES string of the molecule is Cc1ccc(-c2cccc(C3=NC(c4ccccc4)NC(c4ccccc4)=N3)c2)cc1-c1cccc(-c2nc(-c3ccccc3)nc(-c3ccccc3)n2)c1. The number of hydrogen-bond donors (Lipinski definition) is 1. The Morgan fingerprint density at radius 2 is 0.873 bits per heavy atom. The molecule has 0 radical (unpaired) electrons. The van der Waals surface area contributed by atoms with Gasteiger partial charge in [-0.15, -0.1) is 0 Å². The lowest BCUT2D eigenvalue weighted by Crippen LogP contribution is -2.33. The number of aromatic nitrogens is 3. The first-order valence-corrected chi connectivity index (χ1v) is 18.4. The maximum Gasteiger partial charge on any atom is 0.164 e. The highest BCUT2D eigenvalue weighted by Gasteiger charge is 2.21. The van der Waals surface area contributed by atoms with E-state index in [9.17, 15) is 0 Å². The quantitative estimate of drug-likeness (QED) is 0.170. The first-order chi connectivity index (χ1) is 27.1. The van der Waals surface area contributed by atoms with Crippen molar-refractivity contribution in [3.05, 3.63) is 210 Å². The molecule has 7 aromatic carbocycles. The van der Waals surface area contributed by atoms with Crippen molar-refractivity contribution < 1.29 is 0 Å². The number of amidine groups is 2.